The Labute approximate surface area is 366 Å². The lowest BCUT2D eigenvalue weighted by Gasteiger charge is -2.31. The molecule has 4 N–H and O–H groups in total. The number of hydrogen-bond donors (Lipinski definition) is 4. The van der Waals surface area contributed by atoms with Crippen LogP contribution in [0.3, 0.4) is 0 Å². The first kappa shape index (κ1) is 44.5. The van der Waals surface area contributed by atoms with E-state index in [0.717, 1.165) is 51.4 Å². The van der Waals surface area contributed by atoms with Crippen LogP contribution >= 0.6 is 0 Å². The highest BCUT2D eigenvalue weighted by Crippen LogP contribution is 2.32. The van der Waals surface area contributed by atoms with Crippen LogP contribution in [0, 0.1) is 11.8 Å². The van der Waals surface area contributed by atoms with Crippen molar-refractivity contribution >= 4 is 35.4 Å². The molecule has 4 aliphatic rings. The maximum absolute atomic E-state index is 13.5. The van der Waals surface area contributed by atoms with Crippen molar-refractivity contribution < 1.29 is 28.8 Å². The third-order valence-electron chi connectivity index (χ3n) is 13.5. The molecule has 7 rings (SSSR count). The number of nitrogens with zero attached hydrogens (tertiary/aromatic N) is 2. The van der Waals surface area contributed by atoms with Crippen molar-refractivity contribution in [3.05, 3.63) is 106 Å². The number of fused-ring (bicyclic) bond motifs is 2. The van der Waals surface area contributed by atoms with E-state index in [2.05, 4.69) is 45.5 Å². The van der Waals surface area contributed by atoms with Crippen molar-refractivity contribution in [1.29, 1.82) is 0 Å². The third-order valence-corrected chi connectivity index (χ3v) is 13.5. The molecule has 3 aromatic carbocycles. The lowest BCUT2D eigenvalue weighted by molar-refractivity contribution is -0.141. The molecule has 0 saturated carbocycles. The van der Waals surface area contributed by atoms with Crippen LogP contribution in [0.15, 0.2) is 72.8 Å². The van der Waals surface area contributed by atoms with Gasteiger partial charge in [-0.05, 0) is 136 Å². The van der Waals surface area contributed by atoms with Gasteiger partial charge in [-0.15, -0.1) is 0 Å². The van der Waals surface area contributed by atoms with Crippen LogP contribution in [-0.2, 0) is 32.0 Å². The second kappa shape index (κ2) is 21.0. The number of carbonyl (C=O) groups excluding carboxylic acids is 6. The van der Waals surface area contributed by atoms with Crippen molar-refractivity contribution in [2.75, 3.05) is 26.2 Å². The molecule has 6 amide bonds. The first-order chi connectivity index (χ1) is 30.1. The average molecular weight is 845 g/mol. The molecule has 3 aromatic rings. The highest BCUT2D eigenvalue weighted by Gasteiger charge is 2.38. The van der Waals surface area contributed by atoms with Gasteiger partial charge >= 0.3 is 0 Å². The zero-order chi connectivity index (χ0) is 43.6. The second-order valence-electron chi connectivity index (χ2n) is 17.9. The molecule has 12 heteroatoms. The monoisotopic (exact) mass is 844 g/mol. The molecule has 6 atom stereocenters. The number of benzene rings is 3. The molecule has 12 nitrogen and oxygen atoms in total. The first-order valence-electron chi connectivity index (χ1n) is 23.1. The number of carbonyl (C=O) groups is 6. The number of rotatable bonds is 16. The van der Waals surface area contributed by atoms with Crippen molar-refractivity contribution in [3.8, 4) is 0 Å². The number of nitrogens with one attached hydrogen (secondary N) is 4. The number of hydrogen-bond acceptors (Lipinski definition) is 6. The van der Waals surface area contributed by atoms with Crippen molar-refractivity contribution in [2.45, 2.75) is 128 Å². The van der Waals surface area contributed by atoms with Gasteiger partial charge < -0.3 is 31.1 Å². The molecule has 2 heterocycles. The van der Waals surface area contributed by atoms with Crippen molar-refractivity contribution in [1.82, 2.24) is 31.1 Å². The fraction of sp³-hybridized carbons (Fsp3) is 0.520. The largest absolute Gasteiger partial charge is 0.352 e. The van der Waals surface area contributed by atoms with E-state index in [9.17, 15) is 28.8 Å². The zero-order valence-corrected chi connectivity index (χ0v) is 36.5. The Balaban J connectivity index is 0.780. The molecule has 0 bridgehead atoms. The van der Waals surface area contributed by atoms with Gasteiger partial charge in [-0.1, -0.05) is 62.4 Å². The van der Waals surface area contributed by atoms with E-state index in [1.54, 1.807) is 34.1 Å². The van der Waals surface area contributed by atoms with E-state index in [-0.39, 0.29) is 59.4 Å². The molecule has 2 aliphatic carbocycles. The standard InChI is InChI=1S/C50H64N6O6/c1-33(49(61)55-31-11-23-43(55)47(59)53-41-21-7-17-35-15-3-5-19-39(35)41)13-9-29-51-45(57)37-25-27-38(28-26-37)46(58)52-30-10-14-34(2)50(62)56-32-12-24-44(56)48(60)54-42-22-8-18-36-16-4-6-20-40(36)42/h3-6,15-16,19-20,25-28,33-34,41-44H,7-14,17-18,21-24,29-32H2,1-2H3,(H,51,57)(H,52,58)(H,53,59)(H,54,60)/t33-,34-,41+,42+,43-,44?/m0/s1. The van der Waals surface area contributed by atoms with Gasteiger partial charge in [0.15, 0.2) is 0 Å². The van der Waals surface area contributed by atoms with Crippen LogP contribution in [0.5, 0.6) is 0 Å². The summed E-state index contributed by atoms with van der Waals surface area (Å²) in [6.45, 7) is 5.72. The zero-order valence-electron chi connectivity index (χ0n) is 36.5. The van der Waals surface area contributed by atoms with E-state index < -0.39 is 12.1 Å². The summed E-state index contributed by atoms with van der Waals surface area (Å²) in [6.07, 6.45) is 11.2. The molecule has 2 fully saturated rings. The minimum absolute atomic E-state index is 0.0203. The van der Waals surface area contributed by atoms with E-state index in [1.165, 1.54) is 22.3 Å². The average Bonchev–Trinajstić information content (AvgIpc) is 4.00. The summed E-state index contributed by atoms with van der Waals surface area (Å²) in [6, 6.07) is 22.1. The lowest BCUT2D eigenvalue weighted by atomic mass is 9.87. The van der Waals surface area contributed by atoms with Crippen LogP contribution in [0.2, 0.25) is 0 Å². The summed E-state index contributed by atoms with van der Waals surface area (Å²) in [5, 5.41) is 12.3. The Morgan fingerprint density at radius 2 is 0.952 bits per heavy atom. The normalized spacial score (nSPS) is 21.5. The maximum atomic E-state index is 13.5. The third kappa shape index (κ3) is 10.7. The summed E-state index contributed by atoms with van der Waals surface area (Å²) in [7, 11) is 0. The van der Waals surface area contributed by atoms with Gasteiger partial charge in [-0.3, -0.25) is 28.8 Å². The SMILES string of the molecule is C[C@@H](CCCNC(=O)c1ccc(C(=O)NCCC[C@H](C)C(=O)N2CCC[C@H]2C(=O)N[C@@H]2CCCc3ccccc32)cc1)C(=O)N1CCCC1C(=O)N[C@@H]1CCCc2ccccc21. The highest BCUT2D eigenvalue weighted by molar-refractivity contribution is 5.98. The van der Waals surface area contributed by atoms with E-state index in [1.807, 2.05) is 38.1 Å². The molecule has 2 saturated heterocycles. The number of likely N-dealkylation sites (tertiary alicyclic amines) is 2. The van der Waals surface area contributed by atoms with Gasteiger partial charge in [-0.25, -0.2) is 0 Å². The van der Waals surface area contributed by atoms with Crippen LogP contribution in [-0.4, -0.2) is 83.5 Å². The topological polar surface area (TPSA) is 157 Å². The predicted molar refractivity (Wildman–Crippen MR) is 238 cm³/mol. The van der Waals surface area contributed by atoms with E-state index in [4.69, 9.17) is 0 Å². The number of amides is 6. The Hall–Kier alpha value is -5.52. The quantitative estimate of drug-likeness (QED) is 0.123. The summed E-state index contributed by atoms with van der Waals surface area (Å²) in [5.74, 6) is -1.26. The van der Waals surface area contributed by atoms with E-state index in [0.29, 0.717) is 75.8 Å². The molecule has 62 heavy (non-hydrogen) atoms. The lowest BCUT2D eigenvalue weighted by Crippen LogP contribution is -2.48. The van der Waals surface area contributed by atoms with Gasteiger partial charge in [-0.2, -0.15) is 0 Å². The first-order valence-corrected chi connectivity index (χ1v) is 23.1. The molecule has 0 spiro atoms. The smallest absolute Gasteiger partial charge is 0.251 e. The summed E-state index contributed by atoms with van der Waals surface area (Å²) >= 11 is 0. The van der Waals surface area contributed by atoms with Gasteiger partial charge in [0.25, 0.3) is 11.8 Å². The summed E-state index contributed by atoms with van der Waals surface area (Å²) in [4.78, 5) is 83.1. The van der Waals surface area contributed by atoms with Gasteiger partial charge in [0, 0.05) is 49.1 Å². The van der Waals surface area contributed by atoms with Gasteiger partial charge in [0.05, 0.1) is 12.1 Å². The van der Waals surface area contributed by atoms with Crippen LogP contribution in [0.25, 0.3) is 0 Å². The van der Waals surface area contributed by atoms with Gasteiger partial charge in [0.1, 0.15) is 12.1 Å². The second-order valence-corrected chi connectivity index (χ2v) is 17.9. The summed E-state index contributed by atoms with van der Waals surface area (Å²) < 4.78 is 0. The van der Waals surface area contributed by atoms with Crippen LogP contribution in [0.4, 0.5) is 0 Å². The molecule has 2 aliphatic heterocycles. The molecule has 330 valence electrons. The van der Waals surface area contributed by atoms with Gasteiger partial charge in [0.2, 0.25) is 23.6 Å². The maximum Gasteiger partial charge on any atom is 0.251 e. The summed E-state index contributed by atoms with van der Waals surface area (Å²) in [5.41, 5.74) is 5.79. The Morgan fingerprint density at radius 3 is 1.37 bits per heavy atom. The minimum atomic E-state index is -0.454. The molecule has 1 unspecified atom stereocenters. The molecule has 0 aromatic heterocycles. The number of aryl methyl sites for hydroxylation is 2. The molecule has 0 radical (unpaired) electrons. The van der Waals surface area contributed by atoms with E-state index >= 15 is 0 Å². The van der Waals surface area contributed by atoms with Crippen LogP contribution < -0.4 is 21.3 Å². The Morgan fingerprint density at radius 1 is 0.548 bits per heavy atom. The van der Waals surface area contributed by atoms with Crippen molar-refractivity contribution in [2.24, 2.45) is 11.8 Å². The molecular weight excluding hydrogens is 781 g/mol. The minimum Gasteiger partial charge on any atom is -0.352 e. The van der Waals surface area contributed by atoms with Crippen molar-refractivity contribution in [3.63, 3.8) is 0 Å². The van der Waals surface area contributed by atoms with Crippen LogP contribution in [0.1, 0.15) is 146 Å². The highest BCUT2D eigenvalue weighted by atomic mass is 16.2. The Bertz CT molecular complexity index is 1940. The Kier molecular flexibility index (Phi) is 15.1. The fourth-order valence-electron chi connectivity index (χ4n) is 9.96. The fourth-order valence-corrected chi connectivity index (χ4v) is 9.96. The predicted octanol–water partition coefficient (Wildman–Crippen LogP) is 6.35. The molecular formula is C50H64N6O6.